The van der Waals surface area contributed by atoms with Crippen LogP contribution in [0, 0.1) is 5.92 Å². The summed E-state index contributed by atoms with van der Waals surface area (Å²) in [5.74, 6) is -2.63. The topological polar surface area (TPSA) is 186 Å². The Bertz CT molecular complexity index is 2550. The van der Waals surface area contributed by atoms with Gasteiger partial charge in [0.1, 0.15) is 40.4 Å². The lowest BCUT2D eigenvalue weighted by molar-refractivity contribution is -0.141. The number of rotatable bonds is 7. The third-order valence-electron chi connectivity index (χ3n) is 11.6. The fraction of sp³-hybridized carbons (Fsp3) is 0.477. The van der Waals surface area contributed by atoms with Crippen molar-refractivity contribution in [2.24, 2.45) is 5.92 Å². The van der Waals surface area contributed by atoms with Crippen molar-refractivity contribution >= 4 is 55.9 Å². The normalized spacial score (nSPS) is 25.0. The SMILES string of the molecule is CC(C)(C)OC(=O)N[C@H]1CCCCCC=C[C@@H]2C[C@@]2(C(=O)NS(=O)(=O)C2CC2)NC(=O)[C@@H]2C[C@@H](Oc3cc(-c4ccccc4)nc4c3oc3cc(C(F)(F)F)ccc34)CN2C1=O. The van der Waals surface area contributed by atoms with Gasteiger partial charge in [-0.25, -0.2) is 18.2 Å². The van der Waals surface area contributed by atoms with E-state index in [1.54, 1.807) is 51.1 Å². The number of hydrogen-bond donors (Lipinski definition) is 3. The maximum atomic E-state index is 14.7. The number of carbonyl (C=O) groups is 4. The largest absolute Gasteiger partial charge is 0.484 e. The molecule has 0 radical (unpaired) electrons. The lowest BCUT2D eigenvalue weighted by Crippen LogP contribution is -2.58. The maximum Gasteiger partial charge on any atom is 0.416 e. The third kappa shape index (κ3) is 9.10. The van der Waals surface area contributed by atoms with Gasteiger partial charge in [0.15, 0.2) is 11.3 Å². The summed E-state index contributed by atoms with van der Waals surface area (Å²) >= 11 is 0. The Morgan fingerprint density at radius 1 is 1.00 bits per heavy atom. The van der Waals surface area contributed by atoms with E-state index >= 15 is 0 Å². The van der Waals surface area contributed by atoms with Gasteiger partial charge in [-0.2, -0.15) is 13.2 Å². The van der Waals surface area contributed by atoms with E-state index < -0.39 is 86.1 Å². The molecule has 4 amide bonds. The average molecular weight is 880 g/mol. The van der Waals surface area contributed by atoms with Crippen LogP contribution in [-0.2, 0) is 35.3 Å². The molecule has 2 aliphatic heterocycles. The highest BCUT2D eigenvalue weighted by Gasteiger charge is 2.62. The quantitative estimate of drug-likeness (QED) is 0.165. The average Bonchev–Trinajstić information content (AvgIpc) is 4.10. The number of aromatic nitrogens is 1. The van der Waals surface area contributed by atoms with Crippen LogP contribution in [0.2, 0.25) is 0 Å². The van der Waals surface area contributed by atoms with Gasteiger partial charge in [0.2, 0.25) is 21.8 Å². The summed E-state index contributed by atoms with van der Waals surface area (Å²) in [6, 6.07) is 11.3. The van der Waals surface area contributed by atoms with Crippen molar-refractivity contribution in [1.29, 1.82) is 0 Å². The van der Waals surface area contributed by atoms with Crippen LogP contribution >= 0.6 is 0 Å². The first-order valence-corrected chi connectivity index (χ1v) is 22.4. The predicted octanol–water partition coefficient (Wildman–Crippen LogP) is 6.91. The van der Waals surface area contributed by atoms with Gasteiger partial charge in [-0.3, -0.25) is 19.1 Å². The molecule has 2 aliphatic carbocycles. The molecule has 8 rings (SSSR count). The van der Waals surface area contributed by atoms with Crippen molar-refractivity contribution in [2.75, 3.05) is 6.54 Å². The highest BCUT2D eigenvalue weighted by molar-refractivity contribution is 7.91. The van der Waals surface area contributed by atoms with Gasteiger partial charge in [-0.15, -0.1) is 0 Å². The molecule has 18 heteroatoms. The number of pyridine rings is 1. The van der Waals surface area contributed by atoms with Gasteiger partial charge < -0.3 is 29.4 Å². The second-order valence-electron chi connectivity index (χ2n) is 17.6. The molecular formula is C44H48F3N5O9S. The highest BCUT2D eigenvalue weighted by atomic mass is 32.2. The maximum absolute atomic E-state index is 14.7. The molecule has 2 aromatic carbocycles. The molecule has 4 aromatic rings. The van der Waals surface area contributed by atoms with E-state index in [1.807, 2.05) is 18.2 Å². The van der Waals surface area contributed by atoms with Crippen molar-refractivity contribution in [3.05, 3.63) is 72.3 Å². The van der Waals surface area contributed by atoms with E-state index in [-0.39, 0.29) is 48.2 Å². The second kappa shape index (κ2) is 16.2. The summed E-state index contributed by atoms with van der Waals surface area (Å²) in [4.78, 5) is 62.3. The number of fused-ring (bicyclic) bond motifs is 5. The first-order valence-electron chi connectivity index (χ1n) is 20.8. The van der Waals surface area contributed by atoms with E-state index in [2.05, 4.69) is 15.4 Å². The summed E-state index contributed by atoms with van der Waals surface area (Å²) < 4.78 is 87.5. The number of hydrogen-bond acceptors (Lipinski definition) is 10. The zero-order chi connectivity index (χ0) is 44.2. The number of furan rings is 1. The molecule has 4 aliphatic rings. The molecule has 14 nitrogen and oxygen atoms in total. The van der Waals surface area contributed by atoms with Crippen LogP contribution in [0.4, 0.5) is 18.0 Å². The number of amides is 4. The summed E-state index contributed by atoms with van der Waals surface area (Å²) in [7, 11) is -3.97. The Morgan fingerprint density at radius 3 is 2.47 bits per heavy atom. The van der Waals surface area contributed by atoms with Crippen molar-refractivity contribution in [1.82, 2.24) is 25.2 Å². The van der Waals surface area contributed by atoms with E-state index in [9.17, 15) is 40.8 Å². The molecule has 1 saturated heterocycles. The number of sulfonamides is 1. The molecular weight excluding hydrogens is 832 g/mol. The van der Waals surface area contributed by atoms with Crippen LogP contribution in [0.25, 0.3) is 33.3 Å². The summed E-state index contributed by atoms with van der Waals surface area (Å²) in [6.45, 7) is 4.87. The van der Waals surface area contributed by atoms with Gasteiger partial charge in [0.25, 0.3) is 5.91 Å². The van der Waals surface area contributed by atoms with E-state index in [0.29, 0.717) is 48.7 Å². The van der Waals surface area contributed by atoms with Crippen molar-refractivity contribution in [3.8, 4) is 17.0 Å². The number of alkyl halides is 3. The zero-order valence-corrected chi connectivity index (χ0v) is 35.2. The Labute approximate surface area is 356 Å². The molecule has 5 atom stereocenters. The minimum Gasteiger partial charge on any atom is -0.484 e. The zero-order valence-electron chi connectivity index (χ0n) is 34.4. The molecule has 4 heterocycles. The lowest BCUT2D eigenvalue weighted by Gasteiger charge is -2.30. The summed E-state index contributed by atoms with van der Waals surface area (Å²) in [5, 5.41) is 5.15. The van der Waals surface area contributed by atoms with Crippen LogP contribution in [0.5, 0.6) is 5.75 Å². The van der Waals surface area contributed by atoms with Crippen molar-refractivity contribution in [3.63, 3.8) is 0 Å². The van der Waals surface area contributed by atoms with Gasteiger partial charge in [-0.1, -0.05) is 55.3 Å². The smallest absolute Gasteiger partial charge is 0.416 e. The monoisotopic (exact) mass is 879 g/mol. The van der Waals surface area contributed by atoms with Crippen LogP contribution < -0.4 is 20.1 Å². The summed E-state index contributed by atoms with van der Waals surface area (Å²) in [6.07, 6.45) is 0.963. The fourth-order valence-electron chi connectivity index (χ4n) is 8.20. The standard InChI is InChI=1S/C44H48F3N5O9S/c1-42(2,3)61-41(56)49-31-15-11-6-4-5-10-14-27-23-43(27,40(55)51-62(57,58)29-17-18-29)50-38(53)33-21-28(24-52(33)39(31)54)59-35-22-32(25-12-8-7-9-13-25)48-36-30-19-16-26(44(45,46)47)20-34(30)60-37(35)36/h7-10,12-14,16,19-20,22,27-29,31,33H,4-6,11,15,17-18,21,23-24H2,1-3H3,(H,49,56)(H,50,53)(H,51,55)/t27-,28-,31+,33+,43-/m1/s1. The van der Waals surface area contributed by atoms with Crippen LogP contribution in [-0.4, -0.2) is 83.2 Å². The lowest BCUT2D eigenvalue weighted by atomic mass is 10.0. The molecule has 3 fully saturated rings. The summed E-state index contributed by atoms with van der Waals surface area (Å²) in [5.41, 5.74) is -2.12. The minimum absolute atomic E-state index is 0.0452. The number of halogens is 3. The fourth-order valence-corrected chi connectivity index (χ4v) is 9.56. The second-order valence-corrected chi connectivity index (χ2v) is 19.5. The number of ether oxygens (including phenoxy) is 2. The van der Waals surface area contributed by atoms with Gasteiger partial charge in [0.05, 0.1) is 23.1 Å². The number of allylic oxidation sites excluding steroid dienone is 1. The minimum atomic E-state index is -4.64. The Morgan fingerprint density at radius 2 is 1.76 bits per heavy atom. The molecule has 0 spiro atoms. The molecule has 2 saturated carbocycles. The number of nitrogens with one attached hydrogen (secondary N) is 3. The van der Waals surface area contributed by atoms with Crippen molar-refractivity contribution in [2.45, 2.75) is 119 Å². The molecule has 3 N–H and O–H groups in total. The highest BCUT2D eigenvalue weighted by Crippen LogP contribution is 2.46. The Kier molecular flexibility index (Phi) is 11.3. The Balaban J connectivity index is 1.16. The van der Waals surface area contributed by atoms with Gasteiger partial charge >= 0.3 is 12.3 Å². The number of benzene rings is 2. The Hall–Kier alpha value is -5.65. The van der Waals surface area contributed by atoms with Crippen molar-refractivity contribution < 1.29 is 54.7 Å². The van der Waals surface area contributed by atoms with Crippen LogP contribution in [0.3, 0.4) is 0 Å². The van der Waals surface area contributed by atoms with Gasteiger partial charge in [-0.05, 0) is 77.5 Å². The van der Waals surface area contributed by atoms with Crippen LogP contribution in [0.1, 0.15) is 84.1 Å². The molecule has 330 valence electrons. The first-order chi connectivity index (χ1) is 29.3. The van der Waals surface area contributed by atoms with E-state index in [1.165, 1.54) is 11.0 Å². The first kappa shape index (κ1) is 43.0. The molecule has 62 heavy (non-hydrogen) atoms. The predicted molar refractivity (Wildman–Crippen MR) is 221 cm³/mol. The number of carbonyl (C=O) groups excluding carboxylic acids is 4. The van der Waals surface area contributed by atoms with Gasteiger partial charge in [0, 0.05) is 29.4 Å². The number of alkyl carbamates (subject to hydrolysis) is 1. The number of nitrogens with zero attached hydrogens (tertiary/aromatic N) is 2. The third-order valence-corrected chi connectivity index (χ3v) is 13.4. The van der Waals surface area contributed by atoms with Crippen LogP contribution in [0.15, 0.2) is 71.2 Å². The molecule has 0 bridgehead atoms. The molecule has 2 aromatic heterocycles. The van der Waals surface area contributed by atoms with E-state index in [4.69, 9.17) is 18.9 Å². The van der Waals surface area contributed by atoms with E-state index in [0.717, 1.165) is 18.6 Å². The molecule has 0 unspecified atom stereocenters.